The van der Waals surface area contributed by atoms with E-state index in [0.29, 0.717) is 48.3 Å². The number of furan rings is 1. The van der Waals surface area contributed by atoms with Crippen LogP contribution < -0.4 is 19.1 Å². The third kappa shape index (κ3) is 8.00. The molecule has 0 saturated heterocycles. The summed E-state index contributed by atoms with van der Waals surface area (Å²) >= 11 is 0. The van der Waals surface area contributed by atoms with Crippen molar-refractivity contribution in [1.29, 1.82) is 0 Å². The SMILES string of the molecule is [C-]#[N+]c1cccc(CN(Cc2ccc(Oc3cccc(OCc4ccoc4)c3)cc2)c2cccc(NS(=O)(=O)CC)c2C)c1. The number of rotatable bonds is 13. The zero-order valence-electron chi connectivity index (χ0n) is 24.6. The Bertz CT molecular complexity index is 1850. The fourth-order valence-corrected chi connectivity index (χ4v) is 5.38. The molecular formula is C35H33N3O5S. The molecule has 0 radical (unpaired) electrons. The van der Waals surface area contributed by atoms with E-state index in [0.717, 1.165) is 27.9 Å². The number of nitrogens with one attached hydrogen (secondary N) is 1. The Morgan fingerprint density at radius 2 is 1.59 bits per heavy atom. The average Bonchev–Trinajstić information content (AvgIpc) is 3.56. The van der Waals surface area contributed by atoms with E-state index >= 15 is 0 Å². The molecule has 0 bridgehead atoms. The average molecular weight is 608 g/mol. The number of sulfonamides is 1. The predicted octanol–water partition coefficient (Wildman–Crippen LogP) is 8.48. The van der Waals surface area contributed by atoms with Gasteiger partial charge in [-0.3, -0.25) is 4.72 Å². The van der Waals surface area contributed by atoms with Crippen molar-refractivity contribution >= 4 is 27.1 Å². The Labute approximate surface area is 258 Å². The van der Waals surface area contributed by atoms with Gasteiger partial charge in [0.2, 0.25) is 10.0 Å². The minimum atomic E-state index is -3.44. The molecule has 0 aliphatic rings. The van der Waals surface area contributed by atoms with Crippen LogP contribution in [0, 0.1) is 13.5 Å². The van der Waals surface area contributed by atoms with Gasteiger partial charge in [-0.2, -0.15) is 0 Å². The van der Waals surface area contributed by atoms with E-state index in [1.807, 2.05) is 91.9 Å². The van der Waals surface area contributed by atoms with Crippen LogP contribution in [0.4, 0.5) is 17.1 Å². The van der Waals surface area contributed by atoms with Crippen LogP contribution in [0.3, 0.4) is 0 Å². The van der Waals surface area contributed by atoms with Gasteiger partial charge in [0.15, 0.2) is 5.69 Å². The Balaban J connectivity index is 1.35. The van der Waals surface area contributed by atoms with E-state index in [1.54, 1.807) is 31.6 Å². The first-order chi connectivity index (χ1) is 21.3. The topological polar surface area (TPSA) is 85.4 Å². The molecule has 0 unspecified atom stereocenters. The van der Waals surface area contributed by atoms with Crippen LogP contribution in [-0.4, -0.2) is 14.2 Å². The number of ether oxygens (including phenoxy) is 2. The second-order valence-corrected chi connectivity index (χ2v) is 12.2. The highest BCUT2D eigenvalue weighted by molar-refractivity contribution is 7.92. The Morgan fingerprint density at radius 1 is 0.841 bits per heavy atom. The lowest BCUT2D eigenvalue weighted by atomic mass is 10.1. The third-order valence-electron chi connectivity index (χ3n) is 7.03. The quantitative estimate of drug-likeness (QED) is 0.135. The summed E-state index contributed by atoms with van der Waals surface area (Å²) in [5.41, 5.74) is 5.79. The van der Waals surface area contributed by atoms with Gasteiger partial charge in [0.05, 0.1) is 30.5 Å². The molecule has 1 heterocycles. The van der Waals surface area contributed by atoms with Crippen LogP contribution in [0.2, 0.25) is 0 Å². The van der Waals surface area contributed by atoms with Gasteiger partial charge in [-0.1, -0.05) is 48.5 Å². The molecule has 1 aromatic heterocycles. The minimum absolute atomic E-state index is 0.0131. The van der Waals surface area contributed by atoms with Crippen molar-refractivity contribution in [2.24, 2.45) is 0 Å². The maximum absolute atomic E-state index is 12.3. The molecule has 4 aromatic carbocycles. The second kappa shape index (κ2) is 13.8. The number of anilines is 2. The standard InChI is InChI=1S/C35H33N3O5S/c1-4-44(39,40)37-34-12-7-13-35(26(34)2)38(23-28-8-5-9-30(20-28)36-3)22-27-14-16-31(17-15-27)43-33-11-6-10-32(21-33)42-25-29-18-19-41-24-29/h5-21,24,37H,4,22-23,25H2,1-2H3. The number of hydrogen-bond donors (Lipinski definition) is 1. The molecule has 9 heteroatoms. The normalized spacial score (nSPS) is 11.0. The van der Waals surface area contributed by atoms with Crippen molar-refractivity contribution in [2.45, 2.75) is 33.5 Å². The molecular weight excluding hydrogens is 574 g/mol. The van der Waals surface area contributed by atoms with E-state index in [2.05, 4.69) is 14.5 Å². The lowest BCUT2D eigenvalue weighted by molar-refractivity contribution is 0.303. The van der Waals surface area contributed by atoms with Gasteiger partial charge in [0.25, 0.3) is 0 Å². The lowest BCUT2D eigenvalue weighted by Gasteiger charge is -2.28. The van der Waals surface area contributed by atoms with Crippen molar-refractivity contribution < 1.29 is 22.3 Å². The maximum atomic E-state index is 12.3. The van der Waals surface area contributed by atoms with Crippen LogP contribution in [0.1, 0.15) is 29.2 Å². The van der Waals surface area contributed by atoms with Gasteiger partial charge >= 0.3 is 0 Å². The molecule has 0 atom stereocenters. The summed E-state index contributed by atoms with van der Waals surface area (Å²) in [5.74, 6) is 2.02. The molecule has 0 spiro atoms. The highest BCUT2D eigenvalue weighted by Gasteiger charge is 2.16. The smallest absolute Gasteiger partial charge is 0.232 e. The zero-order chi connectivity index (χ0) is 30.9. The second-order valence-electron chi connectivity index (χ2n) is 10.2. The van der Waals surface area contributed by atoms with Crippen LogP contribution in [0.25, 0.3) is 4.85 Å². The summed E-state index contributed by atoms with van der Waals surface area (Å²) in [7, 11) is -3.44. The highest BCUT2D eigenvalue weighted by Crippen LogP contribution is 2.32. The predicted molar refractivity (Wildman–Crippen MR) is 173 cm³/mol. The van der Waals surface area contributed by atoms with E-state index in [4.69, 9.17) is 20.5 Å². The van der Waals surface area contributed by atoms with Gasteiger partial charge in [-0.05, 0) is 73.0 Å². The third-order valence-corrected chi connectivity index (χ3v) is 8.32. The highest BCUT2D eigenvalue weighted by atomic mass is 32.2. The molecule has 44 heavy (non-hydrogen) atoms. The molecule has 0 amide bonds. The molecule has 0 saturated carbocycles. The summed E-state index contributed by atoms with van der Waals surface area (Å²) in [6.07, 6.45) is 3.27. The van der Waals surface area contributed by atoms with E-state index in [-0.39, 0.29) is 5.75 Å². The van der Waals surface area contributed by atoms with Gasteiger partial charge in [-0.15, -0.1) is 0 Å². The van der Waals surface area contributed by atoms with Crippen molar-refractivity contribution in [3.63, 3.8) is 0 Å². The van der Waals surface area contributed by atoms with Crippen LogP contribution in [-0.2, 0) is 29.7 Å². The summed E-state index contributed by atoms with van der Waals surface area (Å²) in [4.78, 5) is 5.76. The summed E-state index contributed by atoms with van der Waals surface area (Å²) in [5, 5.41) is 0. The van der Waals surface area contributed by atoms with Crippen molar-refractivity contribution in [2.75, 3.05) is 15.4 Å². The van der Waals surface area contributed by atoms with E-state index < -0.39 is 10.0 Å². The largest absolute Gasteiger partial charge is 0.489 e. The first kappa shape index (κ1) is 30.3. The van der Waals surface area contributed by atoms with Gasteiger partial charge in [0.1, 0.15) is 23.9 Å². The van der Waals surface area contributed by atoms with Crippen molar-refractivity contribution in [1.82, 2.24) is 0 Å². The maximum Gasteiger partial charge on any atom is 0.232 e. The fraction of sp³-hybridized carbons (Fsp3) is 0.171. The molecule has 0 aliphatic carbocycles. The Hall–Kier alpha value is -5.20. The minimum Gasteiger partial charge on any atom is -0.489 e. The molecule has 0 aliphatic heterocycles. The van der Waals surface area contributed by atoms with E-state index in [1.165, 1.54) is 0 Å². The Morgan fingerprint density at radius 3 is 2.34 bits per heavy atom. The van der Waals surface area contributed by atoms with Gasteiger partial charge in [-0.25, -0.2) is 13.3 Å². The van der Waals surface area contributed by atoms with Crippen LogP contribution >= 0.6 is 0 Å². The van der Waals surface area contributed by atoms with Crippen LogP contribution in [0.5, 0.6) is 17.2 Å². The first-order valence-electron chi connectivity index (χ1n) is 14.1. The lowest BCUT2D eigenvalue weighted by Crippen LogP contribution is -2.24. The molecule has 0 fully saturated rings. The Kier molecular flexibility index (Phi) is 9.52. The van der Waals surface area contributed by atoms with Gasteiger partial charge < -0.3 is 18.8 Å². The molecule has 8 nitrogen and oxygen atoms in total. The van der Waals surface area contributed by atoms with Gasteiger partial charge in [0, 0.05) is 30.4 Å². The first-order valence-corrected chi connectivity index (χ1v) is 15.8. The number of hydrogen-bond acceptors (Lipinski definition) is 6. The molecule has 5 aromatic rings. The van der Waals surface area contributed by atoms with Crippen molar-refractivity contribution in [3.8, 4) is 17.2 Å². The van der Waals surface area contributed by atoms with Crippen molar-refractivity contribution in [3.05, 3.63) is 143 Å². The summed E-state index contributed by atoms with van der Waals surface area (Å²) in [6.45, 7) is 12.4. The monoisotopic (exact) mass is 607 g/mol. The molecule has 224 valence electrons. The number of nitrogens with zero attached hydrogens (tertiary/aromatic N) is 2. The molecule has 5 rings (SSSR count). The fourth-order valence-electron chi connectivity index (χ4n) is 4.68. The van der Waals surface area contributed by atoms with E-state index in [9.17, 15) is 8.42 Å². The molecule has 1 N–H and O–H groups in total. The van der Waals surface area contributed by atoms with Crippen LogP contribution in [0.15, 0.2) is 114 Å². The summed E-state index contributed by atoms with van der Waals surface area (Å²) < 4.78 is 44.4. The summed E-state index contributed by atoms with van der Waals surface area (Å²) in [6, 6.07) is 30.3. The zero-order valence-corrected chi connectivity index (χ0v) is 25.4. The number of benzene rings is 4.